The minimum absolute atomic E-state index is 0.143. The van der Waals surface area contributed by atoms with Crippen LogP contribution >= 0.6 is 22.9 Å². The van der Waals surface area contributed by atoms with E-state index in [1.54, 1.807) is 11.6 Å². The third-order valence-corrected chi connectivity index (χ3v) is 8.16. The minimum Gasteiger partial charge on any atom is -0.469 e. The minimum atomic E-state index is -1.21. The number of methoxy groups -OCH3 is 2. The zero-order valence-electron chi connectivity index (χ0n) is 21.7. The smallest absolute Gasteiger partial charge is 0.338 e. The predicted octanol–water partition coefficient (Wildman–Crippen LogP) is 4.55. The van der Waals surface area contributed by atoms with Crippen molar-refractivity contribution in [3.63, 3.8) is 0 Å². The van der Waals surface area contributed by atoms with E-state index in [-0.39, 0.29) is 23.0 Å². The molecule has 1 aliphatic carbocycles. The van der Waals surface area contributed by atoms with E-state index in [9.17, 15) is 18.4 Å². The van der Waals surface area contributed by atoms with Crippen molar-refractivity contribution < 1.29 is 27.8 Å². The molecule has 0 spiro atoms. The maximum absolute atomic E-state index is 14.6. The highest BCUT2D eigenvalue weighted by atomic mass is 35.5. The second kappa shape index (κ2) is 11.8. The van der Waals surface area contributed by atoms with Gasteiger partial charge in [-0.25, -0.2) is 18.6 Å². The largest absolute Gasteiger partial charge is 0.469 e. The quantitative estimate of drug-likeness (QED) is 0.303. The van der Waals surface area contributed by atoms with Gasteiger partial charge < -0.3 is 14.8 Å². The number of fused-ring (bicyclic) bond motifs is 1. The highest BCUT2D eigenvalue weighted by Gasteiger charge is 2.38. The molecule has 9 nitrogen and oxygen atoms in total. The maximum atomic E-state index is 14.6. The number of nitrogens with one attached hydrogen (secondary N) is 1. The normalized spacial score (nSPS) is 18.6. The molecule has 40 heavy (non-hydrogen) atoms. The highest BCUT2D eigenvalue weighted by molar-refractivity contribution is 7.11. The molecule has 210 valence electrons. The first-order chi connectivity index (χ1) is 19.3. The molecule has 2 atom stereocenters. The number of aryl methyl sites for hydroxylation is 2. The van der Waals surface area contributed by atoms with Crippen molar-refractivity contribution in [2.24, 2.45) is 10.9 Å². The summed E-state index contributed by atoms with van der Waals surface area (Å²) >= 11 is 7.61. The van der Waals surface area contributed by atoms with Gasteiger partial charge in [0.1, 0.15) is 6.04 Å². The van der Waals surface area contributed by atoms with E-state index in [2.05, 4.69) is 15.4 Å². The van der Waals surface area contributed by atoms with Crippen LogP contribution in [0.25, 0.3) is 0 Å². The third-order valence-electron chi connectivity index (χ3n) is 7.00. The van der Waals surface area contributed by atoms with Gasteiger partial charge in [-0.1, -0.05) is 17.7 Å². The number of aliphatic imine (C=N–C) groups is 1. The molecule has 2 aliphatic rings. The summed E-state index contributed by atoms with van der Waals surface area (Å²) in [6.45, 7) is 0.568. The number of thiazole rings is 1. The first-order valence-electron chi connectivity index (χ1n) is 12.6. The lowest BCUT2D eigenvalue weighted by Crippen LogP contribution is -2.38. The van der Waals surface area contributed by atoms with E-state index in [4.69, 9.17) is 26.1 Å². The van der Waals surface area contributed by atoms with Gasteiger partial charge in [0.15, 0.2) is 22.5 Å². The Hall–Kier alpha value is -3.64. The Kier molecular flexibility index (Phi) is 8.27. The van der Waals surface area contributed by atoms with E-state index >= 15 is 0 Å². The number of benzene rings is 1. The summed E-state index contributed by atoms with van der Waals surface area (Å²) in [5.41, 5.74) is 2.87. The Labute approximate surface area is 237 Å². The average molecular weight is 590 g/mol. The second-order valence-corrected chi connectivity index (χ2v) is 10.7. The molecule has 0 saturated carbocycles. The molecule has 3 aromatic rings. The molecule has 0 saturated heterocycles. The van der Waals surface area contributed by atoms with Gasteiger partial charge in [-0.05, 0) is 37.3 Å². The number of esters is 2. The lowest BCUT2D eigenvalue weighted by atomic mass is 9.81. The first-order valence-corrected chi connectivity index (χ1v) is 13.9. The zero-order valence-corrected chi connectivity index (χ0v) is 23.3. The number of halogens is 3. The van der Waals surface area contributed by atoms with Crippen LogP contribution in [0.4, 0.5) is 8.78 Å². The van der Waals surface area contributed by atoms with Gasteiger partial charge in [0, 0.05) is 47.9 Å². The van der Waals surface area contributed by atoms with Gasteiger partial charge in [0.2, 0.25) is 0 Å². The number of carbonyl (C=O) groups excluding carboxylic acids is 2. The number of amidine groups is 1. The Morgan fingerprint density at radius 3 is 2.80 bits per heavy atom. The van der Waals surface area contributed by atoms with Crippen LogP contribution in [-0.2, 0) is 38.4 Å². The summed E-state index contributed by atoms with van der Waals surface area (Å²) in [5.74, 6) is -3.00. The van der Waals surface area contributed by atoms with E-state index in [1.807, 2.05) is 10.9 Å². The van der Waals surface area contributed by atoms with Crippen molar-refractivity contribution in [3.8, 4) is 0 Å². The standard InChI is InChI=1S/C27H26ClF2N5O4S/c1-38-19(36)4-3-10-35-13-15-12-14(5-8-18(15)34-35)23-20(27(37)39-2)24(16-6-7-17(29)22(30)21(16)28)33-25(32-23)26-31-9-11-40-26/h6-7,9,11,13-14,24H,3-5,8,10,12H2,1-2H3,(H,32,33). The SMILES string of the molecule is COC(=O)CCCn1cc2c(n1)CCC(C1=C(C(=O)OC)C(c3ccc(F)c(F)c3Cl)N=C(c3nccs3)N1)C2. The Balaban J connectivity index is 1.52. The molecule has 0 fully saturated rings. The summed E-state index contributed by atoms with van der Waals surface area (Å²) in [6.07, 6.45) is 6.38. The monoisotopic (exact) mass is 589 g/mol. The summed E-state index contributed by atoms with van der Waals surface area (Å²) in [6, 6.07) is 1.25. The van der Waals surface area contributed by atoms with Crippen LogP contribution in [0.2, 0.25) is 5.02 Å². The van der Waals surface area contributed by atoms with Gasteiger partial charge in [0.25, 0.3) is 0 Å². The lowest BCUT2D eigenvalue weighted by molar-refractivity contribution is -0.140. The molecule has 1 N–H and O–H groups in total. The number of hydrogen-bond acceptors (Lipinski definition) is 9. The Morgan fingerprint density at radius 1 is 1.25 bits per heavy atom. The predicted molar refractivity (Wildman–Crippen MR) is 144 cm³/mol. The number of carbonyl (C=O) groups is 2. The number of ether oxygens (including phenoxy) is 2. The van der Waals surface area contributed by atoms with Crippen molar-refractivity contribution in [2.75, 3.05) is 14.2 Å². The third kappa shape index (κ3) is 5.50. The first kappa shape index (κ1) is 27.9. The summed E-state index contributed by atoms with van der Waals surface area (Å²) in [4.78, 5) is 33.7. The number of hydrogen-bond donors (Lipinski definition) is 1. The van der Waals surface area contributed by atoms with Crippen LogP contribution < -0.4 is 5.32 Å². The van der Waals surface area contributed by atoms with Crippen LogP contribution in [0.5, 0.6) is 0 Å². The average Bonchev–Trinajstić information content (AvgIpc) is 3.65. The fraction of sp³-hybridized carbons (Fsp3) is 0.370. The summed E-state index contributed by atoms with van der Waals surface area (Å²) < 4.78 is 40.2. The van der Waals surface area contributed by atoms with Crippen LogP contribution in [0.3, 0.4) is 0 Å². The molecule has 2 aromatic heterocycles. The molecular weight excluding hydrogens is 564 g/mol. The van der Waals surface area contributed by atoms with Crippen LogP contribution in [0.1, 0.15) is 47.1 Å². The van der Waals surface area contributed by atoms with Gasteiger partial charge in [-0.15, -0.1) is 11.3 Å². The number of nitrogens with zero attached hydrogens (tertiary/aromatic N) is 4. The topological polar surface area (TPSA) is 108 Å². The molecule has 0 bridgehead atoms. The lowest BCUT2D eigenvalue weighted by Gasteiger charge is -2.32. The fourth-order valence-electron chi connectivity index (χ4n) is 5.06. The maximum Gasteiger partial charge on any atom is 0.338 e. The van der Waals surface area contributed by atoms with Crippen LogP contribution in [0.15, 0.2) is 46.2 Å². The molecular formula is C27H26ClF2N5O4S. The van der Waals surface area contributed by atoms with Crippen LogP contribution in [-0.4, -0.2) is 46.8 Å². The van der Waals surface area contributed by atoms with Crippen molar-refractivity contribution in [1.82, 2.24) is 20.1 Å². The van der Waals surface area contributed by atoms with Gasteiger partial charge in [-0.2, -0.15) is 5.10 Å². The molecule has 2 unspecified atom stereocenters. The van der Waals surface area contributed by atoms with Gasteiger partial charge in [0.05, 0.1) is 30.5 Å². The highest BCUT2D eigenvalue weighted by Crippen LogP contribution is 2.41. The molecule has 0 amide bonds. The van der Waals surface area contributed by atoms with E-state index < -0.39 is 28.7 Å². The fourth-order valence-corrected chi connectivity index (χ4v) is 5.90. The van der Waals surface area contributed by atoms with Crippen molar-refractivity contribution in [3.05, 3.63) is 79.7 Å². The molecule has 1 aromatic carbocycles. The van der Waals surface area contributed by atoms with E-state index in [0.717, 1.165) is 17.3 Å². The molecule has 0 radical (unpaired) electrons. The second-order valence-electron chi connectivity index (χ2n) is 9.41. The number of rotatable bonds is 8. The molecule has 13 heteroatoms. The zero-order chi connectivity index (χ0) is 28.4. The number of aromatic nitrogens is 3. The Bertz CT molecular complexity index is 1500. The van der Waals surface area contributed by atoms with E-state index in [0.29, 0.717) is 55.2 Å². The number of allylic oxidation sites excluding steroid dienone is 1. The molecule has 1 aliphatic heterocycles. The van der Waals surface area contributed by atoms with Crippen molar-refractivity contribution in [2.45, 2.75) is 44.7 Å². The molecule has 5 rings (SSSR count). The van der Waals surface area contributed by atoms with Crippen molar-refractivity contribution >= 4 is 40.7 Å². The Morgan fingerprint density at radius 2 is 2.08 bits per heavy atom. The van der Waals surface area contributed by atoms with Gasteiger partial charge >= 0.3 is 11.9 Å². The summed E-state index contributed by atoms with van der Waals surface area (Å²) in [5, 5.41) is 9.91. The van der Waals surface area contributed by atoms with Gasteiger partial charge in [-0.3, -0.25) is 14.5 Å². The van der Waals surface area contributed by atoms with Crippen molar-refractivity contribution in [1.29, 1.82) is 0 Å². The molecule has 3 heterocycles. The van der Waals surface area contributed by atoms with Crippen LogP contribution in [0, 0.1) is 17.6 Å². The summed E-state index contributed by atoms with van der Waals surface area (Å²) in [7, 11) is 2.62. The van der Waals surface area contributed by atoms with E-state index in [1.165, 1.54) is 31.6 Å².